The molecular formula is C22H24N4O3S. The van der Waals surface area contributed by atoms with E-state index in [9.17, 15) is 13.2 Å². The molecule has 8 heteroatoms. The molecule has 0 spiro atoms. The summed E-state index contributed by atoms with van der Waals surface area (Å²) < 4.78 is 28.8. The number of aryl methyl sites for hydroxylation is 3. The molecule has 2 heterocycles. The fourth-order valence-corrected chi connectivity index (χ4v) is 4.79. The Bertz CT molecular complexity index is 1210. The van der Waals surface area contributed by atoms with Crippen LogP contribution in [0.1, 0.15) is 45.7 Å². The highest BCUT2D eigenvalue weighted by atomic mass is 32.2. The predicted octanol–water partition coefficient (Wildman–Crippen LogP) is 3.14. The van der Waals surface area contributed by atoms with Gasteiger partial charge in [-0.05, 0) is 56.9 Å². The van der Waals surface area contributed by atoms with Crippen molar-refractivity contribution in [1.82, 2.24) is 19.3 Å². The van der Waals surface area contributed by atoms with Crippen molar-refractivity contribution in [2.24, 2.45) is 0 Å². The molecule has 2 aromatic heterocycles. The number of carbonyl (C=O) groups is 1. The van der Waals surface area contributed by atoms with Crippen molar-refractivity contribution in [3.63, 3.8) is 0 Å². The minimum atomic E-state index is -3.66. The van der Waals surface area contributed by atoms with E-state index < -0.39 is 21.2 Å². The number of hydrogen-bond donors (Lipinski definition) is 1. The third-order valence-corrected chi connectivity index (χ3v) is 7.13. The van der Waals surface area contributed by atoms with E-state index in [0.717, 1.165) is 22.3 Å². The Morgan fingerprint density at radius 3 is 2.63 bits per heavy atom. The largest absolute Gasteiger partial charge is 0.315 e. The highest BCUT2D eigenvalue weighted by Gasteiger charge is 2.38. The van der Waals surface area contributed by atoms with Crippen LogP contribution in [0.15, 0.2) is 42.7 Å². The number of sulfonamides is 1. The number of imidazole rings is 1. The van der Waals surface area contributed by atoms with E-state index >= 15 is 0 Å². The number of hydrogen-bond acceptors (Lipinski definition) is 5. The molecule has 156 valence electrons. The van der Waals surface area contributed by atoms with Crippen LogP contribution in [0.25, 0.3) is 11.4 Å². The minimum absolute atomic E-state index is 0.249. The van der Waals surface area contributed by atoms with E-state index in [-0.39, 0.29) is 5.69 Å². The zero-order chi connectivity index (χ0) is 21.5. The lowest BCUT2D eigenvalue weighted by Crippen LogP contribution is -2.35. The molecule has 0 saturated heterocycles. The Labute approximate surface area is 176 Å². The quantitative estimate of drug-likeness (QED) is 0.656. The summed E-state index contributed by atoms with van der Waals surface area (Å²) in [4.78, 5) is 21.8. The van der Waals surface area contributed by atoms with Crippen molar-refractivity contribution in [3.8, 4) is 11.4 Å². The van der Waals surface area contributed by atoms with Gasteiger partial charge in [-0.3, -0.25) is 9.78 Å². The number of pyridine rings is 1. The van der Waals surface area contributed by atoms with Gasteiger partial charge in [0.25, 0.3) is 5.91 Å². The van der Waals surface area contributed by atoms with E-state index in [1.165, 1.54) is 0 Å². The zero-order valence-electron chi connectivity index (χ0n) is 17.2. The summed E-state index contributed by atoms with van der Waals surface area (Å²) in [5, 5.41) is -0.477. The van der Waals surface area contributed by atoms with Crippen molar-refractivity contribution < 1.29 is 13.2 Å². The maximum Gasteiger partial charge on any atom is 0.283 e. The summed E-state index contributed by atoms with van der Waals surface area (Å²) in [5.41, 5.74) is 4.71. The second-order valence-corrected chi connectivity index (χ2v) is 9.76. The molecule has 3 aromatic rings. The zero-order valence-corrected chi connectivity index (χ0v) is 18.0. The molecule has 30 heavy (non-hydrogen) atoms. The van der Waals surface area contributed by atoms with Crippen LogP contribution >= 0.6 is 0 Å². The first-order valence-corrected chi connectivity index (χ1v) is 11.4. The molecule has 1 aliphatic carbocycles. The SMILES string of the molecule is Cc1ccc(C)c(Cn2c(-c3cccnc3)nc(C)c2C(=O)NS(=O)(=O)C2CC2)c1. The highest BCUT2D eigenvalue weighted by Crippen LogP contribution is 2.29. The standard InChI is InChI=1S/C22H24N4O3S/c1-14-6-7-15(2)18(11-14)13-26-20(22(27)25-30(28,29)19-8-9-19)16(3)24-21(26)17-5-4-10-23-12-17/h4-7,10-12,19H,8-9,13H2,1-3H3,(H,25,27). The van der Waals surface area contributed by atoms with Crippen molar-refractivity contribution >= 4 is 15.9 Å². The molecule has 0 bridgehead atoms. The Kier molecular flexibility index (Phi) is 5.19. The van der Waals surface area contributed by atoms with Crippen LogP contribution in [0.4, 0.5) is 0 Å². The summed E-state index contributed by atoms with van der Waals surface area (Å²) in [7, 11) is -3.66. The fraction of sp³-hybridized carbons (Fsp3) is 0.318. The molecule has 1 fully saturated rings. The number of aromatic nitrogens is 3. The molecule has 1 amide bonds. The Morgan fingerprint density at radius 2 is 1.97 bits per heavy atom. The first-order valence-electron chi connectivity index (χ1n) is 9.86. The van der Waals surface area contributed by atoms with Crippen LogP contribution in [0.3, 0.4) is 0 Å². The predicted molar refractivity (Wildman–Crippen MR) is 115 cm³/mol. The smallest absolute Gasteiger partial charge is 0.283 e. The molecule has 0 radical (unpaired) electrons. The maximum absolute atomic E-state index is 13.1. The number of amides is 1. The van der Waals surface area contributed by atoms with Crippen molar-refractivity contribution in [2.75, 3.05) is 0 Å². The monoisotopic (exact) mass is 424 g/mol. The number of benzene rings is 1. The van der Waals surface area contributed by atoms with E-state index in [1.54, 1.807) is 30.0 Å². The summed E-state index contributed by atoms with van der Waals surface area (Å²) >= 11 is 0. The molecule has 0 aliphatic heterocycles. The third kappa shape index (κ3) is 4.00. The van der Waals surface area contributed by atoms with E-state index in [0.29, 0.717) is 30.9 Å². The lowest BCUT2D eigenvalue weighted by Gasteiger charge is -2.15. The molecule has 7 nitrogen and oxygen atoms in total. The number of carbonyl (C=O) groups excluding carboxylic acids is 1. The van der Waals surface area contributed by atoms with Crippen LogP contribution in [0.2, 0.25) is 0 Å². The Balaban J connectivity index is 1.82. The van der Waals surface area contributed by atoms with Crippen LogP contribution in [0, 0.1) is 20.8 Å². The van der Waals surface area contributed by atoms with Crippen LogP contribution in [-0.4, -0.2) is 34.1 Å². The van der Waals surface area contributed by atoms with Crippen LogP contribution in [-0.2, 0) is 16.6 Å². The lowest BCUT2D eigenvalue weighted by molar-refractivity contribution is 0.0972. The molecule has 1 aromatic carbocycles. The van der Waals surface area contributed by atoms with Gasteiger partial charge in [-0.1, -0.05) is 23.8 Å². The fourth-order valence-electron chi connectivity index (χ4n) is 3.51. The summed E-state index contributed by atoms with van der Waals surface area (Å²) in [6, 6.07) is 9.82. The van der Waals surface area contributed by atoms with E-state index in [4.69, 9.17) is 0 Å². The van der Waals surface area contributed by atoms with Crippen molar-refractivity contribution in [2.45, 2.75) is 45.4 Å². The Hall–Kier alpha value is -3.00. The average Bonchev–Trinajstić information content (AvgIpc) is 3.50. The number of nitrogens with one attached hydrogen (secondary N) is 1. The molecule has 0 unspecified atom stereocenters. The summed E-state index contributed by atoms with van der Waals surface area (Å²) in [5.74, 6) is -0.0668. The van der Waals surface area contributed by atoms with Gasteiger partial charge >= 0.3 is 0 Å². The number of rotatable bonds is 6. The lowest BCUT2D eigenvalue weighted by atomic mass is 10.1. The van der Waals surface area contributed by atoms with Gasteiger partial charge in [-0.15, -0.1) is 0 Å². The minimum Gasteiger partial charge on any atom is -0.315 e. The van der Waals surface area contributed by atoms with E-state index in [1.807, 2.05) is 32.0 Å². The van der Waals surface area contributed by atoms with Gasteiger partial charge < -0.3 is 4.57 Å². The van der Waals surface area contributed by atoms with Gasteiger partial charge in [0.2, 0.25) is 10.0 Å². The van der Waals surface area contributed by atoms with Gasteiger partial charge in [-0.25, -0.2) is 18.1 Å². The molecule has 1 saturated carbocycles. The average molecular weight is 425 g/mol. The topological polar surface area (TPSA) is 93.9 Å². The van der Waals surface area contributed by atoms with Crippen LogP contribution < -0.4 is 4.72 Å². The molecular weight excluding hydrogens is 400 g/mol. The van der Waals surface area contributed by atoms with Crippen molar-refractivity contribution in [1.29, 1.82) is 0 Å². The second kappa shape index (κ2) is 7.68. The first kappa shape index (κ1) is 20.3. The van der Waals surface area contributed by atoms with Gasteiger partial charge in [0.15, 0.2) is 0 Å². The van der Waals surface area contributed by atoms with Gasteiger partial charge in [0, 0.05) is 18.0 Å². The third-order valence-electron chi connectivity index (χ3n) is 5.31. The van der Waals surface area contributed by atoms with Gasteiger partial charge in [0.05, 0.1) is 17.5 Å². The first-order chi connectivity index (χ1) is 14.3. The highest BCUT2D eigenvalue weighted by molar-refractivity contribution is 7.91. The van der Waals surface area contributed by atoms with Gasteiger partial charge in [0.1, 0.15) is 11.5 Å². The van der Waals surface area contributed by atoms with Crippen LogP contribution in [0.5, 0.6) is 0 Å². The van der Waals surface area contributed by atoms with Gasteiger partial charge in [-0.2, -0.15) is 0 Å². The normalized spacial score (nSPS) is 14.0. The second-order valence-electron chi connectivity index (χ2n) is 7.80. The molecule has 0 atom stereocenters. The maximum atomic E-state index is 13.1. The molecule has 4 rings (SSSR count). The van der Waals surface area contributed by atoms with Crippen molar-refractivity contribution in [3.05, 3.63) is 70.8 Å². The summed E-state index contributed by atoms with van der Waals surface area (Å²) in [6.07, 6.45) is 4.53. The molecule has 1 aliphatic rings. The Morgan fingerprint density at radius 1 is 1.20 bits per heavy atom. The molecule has 1 N–H and O–H groups in total. The number of nitrogens with zero attached hydrogens (tertiary/aromatic N) is 3. The van der Waals surface area contributed by atoms with E-state index in [2.05, 4.69) is 20.8 Å². The summed E-state index contributed by atoms with van der Waals surface area (Å²) in [6.45, 7) is 6.14.